The molecule has 0 aliphatic carbocycles. The van der Waals surface area contributed by atoms with Crippen LogP contribution in [0.3, 0.4) is 0 Å². The van der Waals surface area contributed by atoms with Crippen LogP contribution in [0.25, 0.3) is 0 Å². The predicted octanol–water partition coefficient (Wildman–Crippen LogP) is 4.25. The van der Waals surface area contributed by atoms with E-state index in [0.29, 0.717) is 6.54 Å². The lowest BCUT2D eigenvalue weighted by Crippen LogP contribution is -2.15. The molecule has 2 aromatic rings. The highest BCUT2D eigenvalue weighted by Crippen LogP contribution is 2.23. The Kier molecular flexibility index (Phi) is 6.95. The number of phenols is 1. The fourth-order valence-corrected chi connectivity index (χ4v) is 2.63. The highest BCUT2D eigenvalue weighted by molar-refractivity contribution is 5.32. The van der Waals surface area contributed by atoms with Gasteiger partial charge in [-0.1, -0.05) is 44.0 Å². The molecule has 124 valence electrons. The first kappa shape index (κ1) is 17.4. The SMILES string of the molecule is CCCCCOc1ccc(CC(CN)c2ccc(O)cc2)cc1. The molecule has 3 N–H and O–H groups in total. The summed E-state index contributed by atoms with van der Waals surface area (Å²) in [5.74, 6) is 1.47. The highest BCUT2D eigenvalue weighted by atomic mass is 16.5. The van der Waals surface area contributed by atoms with Crippen LogP contribution >= 0.6 is 0 Å². The Labute approximate surface area is 139 Å². The summed E-state index contributed by atoms with van der Waals surface area (Å²) in [7, 11) is 0. The summed E-state index contributed by atoms with van der Waals surface area (Å²) in [5, 5.41) is 9.39. The lowest BCUT2D eigenvalue weighted by atomic mass is 9.92. The molecular weight excluding hydrogens is 286 g/mol. The van der Waals surface area contributed by atoms with Crippen LogP contribution in [0.5, 0.6) is 11.5 Å². The fraction of sp³-hybridized carbons (Fsp3) is 0.400. The largest absolute Gasteiger partial charge is 0.508 e. The average molecular weight is 313 g/mol. The van der Waals surface area contributed by atoms with Crippen molar-refractivity contribution in [3.05, 3.63) is 59.7 Å². The molecule has 2 aromatic carbocycles. The third-order valence-electron chi connectivity index (χ3n) is 4.07. The van der Waals surface area contributed by atoms with E-state index >= 15 is 0 Å². The minimum absolute atomic E-state index is 0.256. The maximum atomic E-state index is 9.39. The van der Waals surface area contributed by atoms with Crippen molar-refractivity contribution in [3.63, 3.8) is 0 Å². The number of phenolic OH excluding ortho intramolecular Hbond substituents is 1. The minimum Gasteiger partial charge on any atom is -0.508 e. The van der Waals surface area contributed by atoms with Crippen molar-refractivity contribution < 1.29 is 9.84 Å². The highest BCUT2D eigenvalue weighted by Gasteiger charge is 2.11. The number of aromatic hydroxyl groups is 1. The number of rotatable bonds is 9. The van der Waals surface area contributed by atoms with E-state index in [0.717, 1.165) is 30.8 Å². The second-order valence-corrected chi connectivity index (χ2v) is 5.93. The van der Waals surface area contributed by atoms with E-state index in [4.69, 9.17) is 10.5 Å². The molecule has 0 fully saturated rings. The quantitative estimate of drug-likeness (QED) is 0.681. The van der Waals surface area contributed by atoms with Gasteiger partial charge in [-0.05, 0) is 54.8 Å². The molecule has 0 amide bonds. The Morgan fingerprint density at radius 2 is 1.70 bits per heavy atom. The molecule has 0 bridgehead atoms. The number of hydrogen-bond acceptors (Lipinski definition) is 3. The molecule has 0 radical (unpaired) electrons. The second-order valence-electron chi connectivity index (χ2n) is 5.93. The van der Waals surface area contributed by atoms with Gasteiger partial charge in [0.15, 0.2) is 0 Å². The second kappa shape index (κ2) is 9.21. The molecule has 1 atom stereocenters. The van der Waals surface area contributed by atoms with Crippen LogP contribution in [0, 0.1) is 0 Å². The Balaban J connectivity index is 1.92. The summed E-state index contributed by atoms with van der Waals surface area (Å²) in [5.41, 5.74) is 8.33. The third kappa shape index (κ3) is 5.61. The lowest BCUT2D eigenvalue weighted by Gasteiger charge is -2.16. The standard InChI is InChI=1S/C20H27NO2/c1-2-3-4-13-23-20-11-5-16(6-12-20)14-18(15-21)17-7-9-19(22)10-8-17/h5-12,18,22H,2-4,13-15,21H2,1H3. The normalized spacial score (nSPS) is 12.1. The Bertz CT molecular complexity index is 563. The van der Waals surface area contributed by atoms with Gasteiger partial charge in [0, 0.05) is 5.92 Å². The van der Waals surface area contributed by atoms with Crippen LogP contribution in [0.15, 0.2) is 48.5 Å². The molecule has 1 unspecified atom stereocenters. The number of hydrogen-bond donors (Lipinski definition) is 2. The first-order valence-electron chi connectivity index (χ1n) is 8.43. The summed E-state index contributed by atoms with van der Waals surface area (Å²) in [4.78, 5) is 0. The molecule has 0 aliphatic heterocycles. The van der Waals surface area contributed by atoms with Gasteiger partial charge in [0.2, 0.25) is 0 Å². The zero-order chi connectivity index (χ0) is 16.5. The summed E-state index contributed by atoms with van der Waals surface area (Å²) >= 11 is 0. The molecule has 2 rings (SSSR count). The molecule has 0 saturated carbocycles. The molecule has 23 heavy (non-hydrogen) atoms. The average Bonchev–Trinajstić information content (AvgIpc) is 2.59. The maximum Gasteiger partial charge on any atom is 0.119 e. The van der Waals surface area contributed by atoms with Crippen molar-refractivity contribution in [1.82, 2.24) is 0 Å². The van der Waals surface area contributed by atoms with E-state index in [1.165, 1.54) is 18.4 Å². The van der Waals surface area contributed by atoms with Gasteiger partial charge in [-0.2, -0.15) is 0 Å². The van der Waals surface area contributed by atoms with Crippen LogP contribution in [0.1, 0.15) is 43.2 Å². The predicted molar refractivity (Wildman–Crippen MR) is 95.1 cm³/mol. The van der Waals surface area contributed by atoms with Crippen molar-refractivity contribution >= 4 is 0 Å². The topological polar surface area (TPSA) is 55.5 Å². The number of nitrogens with two attached hydrogens (primary N) is 1. The van der Waals surface area contributed by atoms with Gasteiger partial charge in [-0.15, -0.1) is 0 Å². The van der Waals surface area contributed by atoms with Crippen LogP contribution in [-0.4, -0.2) is 18.3 Å². The van der Waals surface area contributed by atoms with Crippen molar-refractivity contribution in [2.45, 2.75) is 38.5 Å². The van der Waals surface area contributed by atoms with E-state index in [1.54, 1.807) is 12.1 Å². The first-order chi connectivity index (χ1) is 11.2. The summed E-state index contributed by atoms with van der Waals surface area (Å²) in [6.07, 6.45) is 4.41. The summed E-state index contributed by atoms with van der Waals surface area (Å²) in [6.45, 7) is 3.56. The van der Waals surface area contributed by atoms with Crippen LogP contribution < -0.4 is 10.5 Å². The van der Waals surface area contributed by atoms with Gasteiger partial charge >= 0.3 is 0 Å². The van der Waals surface area contributed by atoms with Crippen molar-refractivity contribution in [3.8, 4) is 11.5 Å². The Morgan fingerprint density at radius 3 is 2.30 bits per heavy atom. The summed E-state index contributed by atoms with van der Waals surface area (Å²) < 4.78 is 5.74. The Morgan fingerprint density at radius 1 is 1.00 bits per heavy atom. The molecule has 0 heterocycles. The van der Waals surface area contributed by atoms with Crippen LogP contribution in [-0.2, 0) is 6.42 Å². The first-order valence-corrected chi connectivity index (χ1v) is 8.43. The van der Waals surface area contributed by atoms with Crippen molar-refractivity contribution in [1.29, 1.82) is 0 Å². The molecule has 0 saturated heterocycles. The molecule has 3 heteroatoms. The lowest BCUT2D eigenvalue weighted by molar-refractivity contribution is 0.306. The van der Waals surface area contributed by atoms with Gasteiger partial charge in [-0.3, -0.25) is 0 Å². The van der Waals surface area contributed by atoms with E-state index in [2.05, 4.69) is 19.1 Å². The molecule has 3 nitrogen and oxygen atoms in total. The van der Waals surface area contributed by atoms with Crippen LogP contribution in [0.4, 0.5) is 0 Å². The van der Waals surface area contributed by atoms with E-state index in [-0.39, 0.29) is 11.7 Å². The van der Waals surface area contributed by atoms with Gasteiger partial charge < -0.3 is 15.6 Å². The molecular formula is C20H27NO2. The molecule has 0 aliphatic rings. The monoisotopic (exact) mass is 313 g/mol. The molecule has 0 aromatic heterocycles. The third-order valence-corrected chi connectivity index (χ3v) is 4.07. The number of benzene rings is 2. The van der Waals surface area contributed by atoms with Crippen molar-refractivity contribution in [2.75, 3.05) is 13.2 Å². The van der Waals surface area contributed by atoms with E-state index in [1.807, 2.05) is 24.3 Å². The summed E-state index contributed by atoms with van der Waals surface area (Å²) in [6, 6.07) is 15.6. The van der Waals surface area contributed by atoms with Gasteiger partial charge in [0.25, 0.3) is 0 Å². The zero-order valence-corrected chi connectivity index (χ0v) is 13.9. The fourth-order valence-electron chi connectivity index (χ4n) is 2.63. The van der Waals surface area contributed by atoms with Crippen molar-refractivity contribution in [2.24, 2.45) is 5.73 Å². The molecule has 0 spiro atoms. The zero-order valence-electron chi connectivity index (χ0n) is 13.9. The smallest absolute Gasteiger partial charge is 0.119 e. The van der Waals surface area contributed by atoms with Gasteiger partial charge in [-0.25, -0.2) is 0 Å². The Hall–Kier alpha value is -2.00. The van der Waals surface area contributed by atoms with Crippen LogP contribution in [0.2, 0.25) is 0 Å². The van der Waals surface area contributed by atoms with Gasteiger partial charge in [0.1, 0.15) is 11.5 Å². The maximum absolute atomic E-state index is 9.39. The number of unbranched alkanes of at least 4 members (excludes halogenated alkanes) is 2. The van der Waals surface area contributed by atoms with E-state index in [9.17, 15) is 5.11 Å². The minimum atomic E-state index is 0.256. The van der Waals surface area contributed by atoms with Gasteiger partial charge in [0.05, 0.1) is 6.61 Å². The number of ether oxygens (including phenoxy) is 1. The van der Waals surface area contributed by atoms with E-state index < -0.39 is 0 Å².